The number of aryl methyl sites for hydroxylation is 2. The molecule has 3 rings (SSSR count). The Kier molecular flexibility index (Phi) is 4.62. The molecule has 2 N–H and O–H groups in total. The Hall–Kier alpha value is -1.55. The van der Waals surface area contributed by atoms with Crippen LogP contribution >= 0.6 is 23.2 Å². The first kappa shape index (κ1) is 16.3. The molecule has 0 saturated heterocycles. The van der Waals surface area contributed by atoms with Gasteiger partial charge in [0.25, 0.3) is 0 Å². The molecule has 120 valence electrons. The van der Waals surface area contributed by atoms with Crippen molar-refractivity contribution >= 4 is 34.2 Å². The lowest BCUT2D eigenvalue weighted by molar-refractivity contribution is 0.734. The number of benzene rings is 2. The highest BCUT2D eigenvalue weighted by Gasteiger charge is 2.13. The maximum Gasteiger partial charge on any atom is 0.111 e. The first-order chi connectivity index (χ1) is 11.0. The number of halogens is 2. The van der Waals surface area contributed by atoms with Gasteiger partial charge in [0.2, 0.25) is 0 Å². The molecule has 1 aromatic heterocycles. The molecule has 0 unspecified atom stereocenters. The van der Waals surface area contributed by atoms with Crippen LogP contribution in [0.1, 0.15) is 22.5 Å². The summed E-state index contributed by atoms with van der Waals surface area (Å²) in [5, 5.41) is 1.31. The lowest BCUT2D eigenvalue weighted by Crippen LogP contribution is -2.11. The number of imidazole rings is 1. The van der Waals surface area contributed by atoms with Gasteiger partial charge in [0, 0.05) is 16.5 Å². The van der Waals surface area contributed by atoms with Crippen LogP contribution in [0.3, 0.4) is 0 Å². The molecule has 0 spiro atoms. The normalized spacial score (nSPS) is 11.3. The SMILES string of the molecule is Cc1cc2nc(CCN)n(Cc3ccc(Cl)cc3Cl)c2cc1C. The molecule has 3 nitrogen and oxygen atoms in total. The van der Waals surface area contributed by atoms with Crippen LogP contribution in [0.2, 0.25) is 10.0 Å². The number of hydrogen-bond donors (Lipinski definition) is 1. The lowest BCUT2D eigenvalue weighted by atomic mass is 10.1. The molecule has 0 aliphatic rings. The number of fused-ring (bicyclic) bond motifs is 1. The van der Waals surface area contributed by atoms with Gasteiger partial charge in [-0.2, -0.15) is 0 Å². The minimum atomic E-state index is 0.565. The zero-order valence-corrected chi connectivity index (χ0v) is 14.7. The van der Waals surface area contributed by atoms with E-state index in [4.69, 9.17) is 33.9 Å². The van der Waals surface area contributed by atoms with E-state index in [9.17, 15) is 0 Å². The molecular formula is C18H19Cl2N3. The van der Waals surface area contributed by atoms with Crippen molar-refractivity contribution in [3.63, 3.8) is 0 Å². The van der Waals surface area contributed by atoms with Crippen molar-refractivity contribution in [3.8, 4) is 0 Å². The second-order valence-electron chi connectivity index (χ2n) is 5.81. The first-order valence-electron chi connectivity index (χ1n) is 7.60. The Morgan fingerprint density at radius 1 is 1.09 bits per heavy atom. The molecule has 3 aromatic rings. The monoisotopic (exact) mass is 347 g/mol. The average molecular weight is 348 g/mol. The van der Waals surface area contributed by atoms with Gasteiger partial charge >= 0.3 is 0 Å². The third-order valence-electron chi connectivity index (χ3n) is 4.15. The third kappa shape index (κ3) is 3.23. The summed E-state index contributed by atoms with van der Waals surface area (Å²) >= 11 is 12.3. The smallest absolute Gasteiger partial charge is 0.111 e. The summed E-state index contributed by atoms with van der Waals surface area (Å²) in [6, 6.07) is 9.91. The second kappa shape index (κ2) is 6.52. The fourth-order valence-corrected chi connectivity index (χ4v) is 3.21. The minimum Gasteiger partial charge on any atom is -0.330 e. The zero-order valence-electron chi connectivity index (χ0n) is 13.2. The standard InChI is InChI=1S/C18H19Cl2N3/c1-11-7-16-17(8-12(11)2)23(18(22-16)5-6-21)10-13-3-4-14(19)9-15(13)20/h3-4,7-9H,5-6,10,21H2,1-2H3. The zero-order chi connectivity index (χ0) is 16.6. The topological polar surface area (TPSA) is 43.8 Å². The Morgan fingerprint density at radius 2 is 1.83 bits per heavy atom. The number of hydrogen-bond acceptors (Lipinski definition) is 2. The predicted octanol–water partition coefficient (Wildman–Crippen LogP) is 4.51. The molecule has 0 saturated carbocycles. The van der Waals surface area contributed by atoms with Crippen molar-refractivity contribution in [3.05, 3.63) is 62.9 Å². The van der Waals surface area contributed by atoms with Gasteiger partial charge in [-0.25, -0.2) is 4.98 Å². The van der Waals surface area contributed by atoms with Crippen LogP contribution in [0.5, 0.6) is 0 Å². The predicted molar refractivity (Wildman–Crippen MR) is 97.5 cm³/mol. The molecular weight excluding hydrogens is 329 g/mol. The summed E-state index contributed by atoms with van der Waals surface area (Å²) in [5.74, 6) is 0.985. The highest BCUT2D eigenvalue weighted by Crippen LogP contribution is 2.26. The van der Waals surface area contributed by atoms with Gasteiger partial charge in [-0.3, -0.25) is 0 Å². The van der Waals surface area contributed by atoms with Crippen molar-refractivity contribution in [2.75, 3.05) is 6.54 Å². The van der Waals surface area contributed by atoms with Gasteiger partial charge in [0.05, 0.1) is 17.6 Å². The van der Waals surface area contributed by atoms with Gasteiger partial charge < -0.3 is 10.3 Å². The Labute approximate surface area is 146 Å². The van der Waals surface area contributed by atoms with Gasteiger partial charge in [-0.05, 0) is 61.3 Å². The lowest BCUT2D eigenvalue weighted by Gasteiger charge is -2.11. The average Bonchev–Trinajstić information content (AvgIpc) is 2.80. The number of aromatic nitrogens is 2. The molecule has 0 aliphatic carbocycles. The van der Waals surface area contributed by atoms with E-state index in [1.165, 1.54) is 11.1 Å². The summed E-state index contributed by atoms with van der Waals surface area (Å²) in [4.78, 5) is 4.76. The number of nitrogens with zero attached hydrogens (tertiary/aromatic N) is 2. The van der Waals surface area contributed by atoms with Crippen LogP contribution in [0, 0.1) is 13.8 Å². The Morgan fingerprint density at radius 3 is 2.52 bits per heavy atom. The van der Waals surface area contributed by atoms with E-state index in [1.54, 1.807) is 6.07 Å². The highest BCUT2D eigenvalue weighted by molar-refractivity contribution is 6.35. The highest BCUT2D eigenvalue weighted by atomic mass is 35.5. The molecule has 0 amide bonds. The van der Waals surface area contributed by atoms with Crippen LogP contribution < -0.4 is 5.73 Å². The molecule has 5 heteroatoms. The minimum absolute atomic E-state index is 0.565. The van der Waals surface area contributed by atoms with E-state index in [2.05, 4.69) is 30.5 Å². The maximum atomic E-state index is 6.34. The molecule has 0 bridgehead atoms. The summed E-state index contributed by atoms with van der Waals surface area (Å²) in [6.45, 7) is 5.44. The van der Waals surface area contributed by atoms with Crippen LogP contribution in [0.15, 0.2) is 30.3 Å². The Bertz CT molecular complexity index is 868. The Balaban J connectivity index is 2.13. The number of rotatable bonds is 4. The van der Waals surface area contributed by atoms with Crippen LogP contribution in [-0.4, -0.2) is 16.1 Å². The molecule has 1 heterocycles. The van der Waals surface area contributed by atoms with Crippen LogP contribution in [0.25, 0.3) is 11.0 Å². The van der Waals surface area contributed by atoms with E-state index in [0.717, 1.165) is 28.8 Å². The van der Waals surface area contributed by atoms with Crippen molar-refractivity contribution < 1.29 is 0 Å². The van der Waals surface area contributed by atoms with Crippen molar-refractivity contribution in [1.82, 2.24) is 9.55 Å². The third-order valence-corrected chi connectivity index (χ3v) is 4.74. The molecule has 0 fully saturated rings. The summed E-state index contributed by atoms with van der Waals surface area (Å²) in [6.07, 6.45) is 0.734. The van der Waals surface area contributed by atoms with Crippen molar-refractivity contribution in [1.29, 1.82) is 0 Å². The van der Waals surface area contributed by atoms with Crippen molar-refractivity contribution in [2.24, 2.45) is 5.73 Å². The van der Waals surface area contributed by atoms with E-state index in [0.29, 0.717) is 23.1 Å². The largest absolute Gasteiger partial charge is 0.330 e. The van der Waals surface area contributed by atoms with E-state index >= 15 is 0 Å². The van der Waals surface area contributed by atoms with Gasteiger partial charge in [0.15, 0.2) is 0 Å². The van der Waals surface area contributed by atoms with Gasteiger partial charge in [0.1, 0.15) is 5.82 Å². The summed E-state index contributed by atoms with van der Waals surface area (Å²) in [7, 11) is 0. The molecule has 0 radical (unpaired) electrons. The number of nitrogens with two attached hydrogens (primary N) is 1. The van der Waals surface area contributed by atoms with Crippen molar-refractivity contribution in [2.45, 2.75) is 26.8 Å². The molecule has 2 aromatic carbocycles. The fourth-order valence-electron chi connectivity index (χ4n) is 2.75. The van der Waals surface area contributed by atoms with Crippen LogP contribution in [-0.2, 0) is 13.0 Å². The summed E-state index contributed by atoms with van der Waals surface area (Å²) < 4.78 is 2.20. The van der Waals surface area contributed by atoms with Gasteiger partial charge in [-0.1, -0.05) is 29.3 Å². The quantitative estimate of drug-likeness (QED) is 0.754. The first-order valence-corrected chi connectivity index (χ1v) is 8.35. The van der Waals surface area contributed by atoms with Crippen LogP contribution in [0.4, 0.5) is 0 Å². The van der Waals surface area contributed by atoms with E-state index in [1.807, 2.05) is 12.1 Å². The second-order valence-corrected chi connectivity index (χ2v) is 6.66. The summed E-state index contributed by atoms with van der Waals surface area (Å²) in [5.41, 5.74) is 11.4. The maximum absolute atomic E-state index is 6.34. The van der Waals surface area contributed by atoms with E-state index < -0.39 is 0 Å². The molecule has 0 aliphatic heterocycles. The molecule has 23 heavy (non-hydrogen) atoms. The van der Waals surface area contributed by atoms with Gasteiger partial charge in [-0.15, -0.1) is 0 Å². The molecule has 0 atom stereocenters. The van der Waals surface area contributed by atoms with E-state index in [-0.39, 0.29) is 0 Å². The fraction of sp³-hybridized carbons (Fsp3) is 0.278.